The van der Waals surface area contributed by atoms with Gasteiger partial charge in [0.25, 0.3) is 6.43 Å². The fourth-order valence-electron chi connectivity index (χ4n) is 1.10. The number of ether oxygens (including phenoxy) is 1. The average molecular weight is 232 g/mol. The van der Waals surface area contributed by atoms with Gasteiger partial charge < -0.3 is 15.6 Å². The van der Waals surface area contributed by atoms with Crippen molar-refractivity contribution in [3.05, 3.63) is 17.3 Å². The number of methoxy groups -OCH3 is 1. The third-order valence-corrected chi connectivity index (χ3v) is 1.91. The number of aromatic nitrogens is 1. The van der Waals surface area contributed by atoms with E-state index in [1.165, 1.54) is 7.11 Å². The number of carbonyl (C=O) groups excluding carboxylic acids is 1. The van der Waals surface area contributed by atoms with Crippen molar-refractivity contribution in [1.82, 2.24) is 4.98 Å². The first-order valence-corrected chi connectivity index (χ1v) is 4.29. The molecule has 0 atom stereocenters. The Kier molecular flexibility index (Phi) is 3.60. The molecular weight excluding hydrogens is 222 g/mol. The van der Waals surface area contributed by atoms with Crippen molar-refractivity contribution >= 4 is 11.8 Å². The summed E-state index contributed by atoms with van der Waals surface area (Å²) in [5.41, 5.74) is 4.71. The molecule has 0 bridgehead atoms. The molecule has 0 saturated heterocycles. The molecule has 0 spiro atoms. The van der Waals surface area contributed by atoms with Gasteiger partial charge in [-0.1, -0.05) is 0 Å². The van der Waals surface area contributed by atoms with Crippen LogP contribution >= 0.6 is 0 Å². The number of anilines is 1. The van der Waals surface area contributed by atoms with Gasteiger partial charge in [0.1, 0.15) is 11.6 Å². The van der Waals surface area contributed by atoms with Gasteiger partial charge in [0, 0.05) is 5.56 Å². The van der Waals surface area contributed by atoms with Gasteiger partial charge in [0.05, 0.1) is 13.5 Å². The van der Waals surface area contributed by atoms with Crippen molar-refractivity contribution in [3.8, 4) is 5.75 Å². The minimum absolute atomic E-state index is 0.147. The standard InChI is InChI=1S/C9H10F2N2O3/c1-16-6(15)3-4-2-5(14)7(8(10)11)13-9(4)12/h2,8,14H,3H2,1H3,(H2,12,13). The summed E-state index contributed by atoms with van der Waals surface area (Å²) in [5.74, 6) is -1.51. The zero-order valence-electron chi connectivity index (χ0n) is 8.41. The molecule has 0 saturated carbocycles. The highest BCUT2D eigenvalue weighted by atomic mass is 19.3. The van der Waals surface area contributed by atoms with Crippen LogP contribution in [-0.2, 0) is 16.0 Å². The van der Waals surface area contributed by atoms with Crippen LogP contribution in [0, 0.1) is 0 Å². The van der Waals surface area contributed by atoms with Gasteiger partial charge in [-0.15, -0.1) is 0 Å². The van der Waals surface area contributed by atoms with Crippen molar-refractivity contribution in [2.75, 3.05) is 12.8 Å². The van der Waals surface area contributed by atoms with Crippen LogP contribution in [0.4, 0.5) is 14.6 Å². The number of nitrogen functional groups attached to an aromatic ring is 1. The summed E-state index contributed by atoms with van der Waals surface area (Å²) >= 11 is 0. The largest absolute Gasteiger partial charge is 0.506 e. The zero-order chi connectivity index (χ0) is 12.3. The van der Waals surface area contributed by atoms with Crippen molar-refractivity contribution < 1.29 is 23.4 Å². The first-order valence-electron chi connectivity index (χ1n) is 4.29. The number of carbonyl (C=O) groups is 1. The van der Waals surface area contributed by atoms with Gasteiger partial charge >= 0.3 is 5.97 Å². The van der Waals surface area contributed by atoms with E-state index in [9.17, 15) is 18.7 Å². The average Bonchev–Trinajstić information content (AvgIpc) is 2.22. The quantitative estimate of drug-likeness (QED) is 0.760. The summed E-state index contributed by atoms with van der Waals surface area (Å²) in [6, 6.07) is 0.987. The second-order valence-electron chi connectivity index (χ2n) is 2.99. The summed E-state index contributed by atoms with van der Waals surface area (Å²) in [7, 11) is 1.18. The number of hydrogen-bond donors (Lipinski definition) is 2. The molecule has 0 unspecified atom stereocenters. The number of nitrogens with two attached hydrogens (primary N) is 1. The first kappa shape index (κ1) is 12.2. The number of hydrogen-bond acceptors (Lipinski definition) is 5. The Hall–Kier alpha value is -1.92. The van der Waals surface area contributed by atoms with Crippen LogP contribution in [0.3, 0.4) is 0 Å². The summed E-state index contributed by atoms with van der Waals surface area (Å²) in [5, 5.41) is 9.22. The Morgan fingerprint density at radius 1 is 1.69 bits per heavy atom. The van der Waals surface area contributed by atoms with Crippen molar-refractivity contribution in [2.45, 2.75) is 12.8 Å². The highest BCUT2D eigenvalue weighted by Crippen LogP contribution is 2.29. The van der Waals surface area contributed by atoms with Gasteiger partial charge in [0.15, 0.2) is 5.69 Å². The smallest absolute Gasteiger partial charge is 0.310 e. The van der Waals surface area contributed by atoms with Crippen molar-refractivity contribution in [2.24, 2.45) is 0 Å². The number of aromatic hydroxyl groups is 1. The van der Waals surface area contributed by atoms with E-state index in [0.717, 1.165) is 6.07 Å². The number of nitrogens with zero attached hydrogens (tertiary/aromatic N) is 1. The van der Waals surface area contributed by atoms with Crippen LogP contribution < -0.4 is 5.73 Å². The van der Waals surface area contributed by atoms with Crippen molar-refractivity contribution in [1.29, 1.82) is 0 Å². The maximum absolute atomic E-state index is 12.3. The highest BCUT2D eigenvalue weighted by molar-refractivity contribution is 5.74. The summed E-state index contributed by atoms with van der Waals surface area (Å²) in [6.07, 6.45) is -3.15. The maximum Gasteiger partial charge on any atom is 0.310 e. The lowest BCUT2D eigenvalue weighted by Gasteiger charge is -2.08. The molecule has 88 valence electrons. The lowest BCUT2D eigenvalue weighted by Crippen LogP contribution is -2.09. The van der Waals surface area contributed by atoms with Gasteiger partial charge in [-0.05, 0) is 6.07 Å². The second-order valence-corrected chi connectivity index (χ2v) is 2.99. The molecule has 5 nitrogen and oxygen atoms in total. The number of rotatable bonds is 3. The molecule has 1 heterocycles. The number of pyridine rings is 1. The summed E-state index contributed by atoms with van der Waals surface area (Å²) in [6.45, 7) is 0. The third-order valence-electron chi connectivity index (χ3n) is 1.91. The number of halogens is 2. The summed E-state index contributed by atoms with van der Waals surface area (Å²) in [4.78, 5) is 14.3. The van der Waals surface area contributed by atoms with Crippen LogP contribution in [0.25, 0.3) is 0 Å². The molecule has 1 aromatic heterocycles. The van der Waals surface area contributed by atoms with E-state index in [0.29, 0.717) is 0 Å². The topological polar surface area (TPSA) is 85.4 Å². The Balaban J connectivity index is 3.05. The van der Waals surface area contributed by atoms with Crippen LogP contribution in [0.2, 0.25) is 0 Å². The second kappa shape index (κ2) is 4.73. The molecule has 3 N–H and O–H groups in total. The van der Waals surface area contributed by atoms with Gasteiger partial charge in [-0.2, -0.15) is 0 Å². The van der Waals surface area contributed by atoms with E-state index >= 15 is 0 Å². The van der Waals surface area contributed by atoms with E-state index in [1.54, 1.807) is 0 Å². The Morgan fingerprint density at radius 2 is 2.31 bits per heavy atom. The maximum atomic E-state index is 12.3. The molecule has 0 aliphatic carbocycles. The van der Waals surface area contributed by atoms with Crippen LogP contribution in [-0.4, -0.2) is 23.2 Å². The van der Waals surface area contributed by atoms with Gasteiger partial charge in [0.2, 0.25) is 0 Å². The van der Waals surface area contributed by atoms with Gasteiger partial charge in [-0.25, -0.2) is 13.8 Å². The van der Waals surface area contributed by atoms with Crippen LogP contribution in [0.1, 0.15) is 17.7 Å². The lowest BCUT2D eigenvalue weighted by molar-refractivity contribution is -0.139. The Morgan fingerprint density at radius 3 is 2.81 bits per heavy atom. The third kappa shape index (κ3) is 2.56. The van der Waals surface area contributed by atoms with E-state index in [1.807, 2.05) is 0 Å². The minimum atomic E-state index is -2.92. The van der Waals surface area contributed by atoms with Crippen molar-refractivity contribution in [3.63, 3.8) is 0 Å². The number of esters is 1. The monoisotopic (exact) mass is 232 g/mol. The first-order chi connectivity index (χ1) is 7.45. The van der Waals surface area contributed by atoms with E-state index < -0.39 is 23.8 Å². The minimum Gasteiger partial charge on any atom is -0.506 e. The van der Waals surface area contributed by atoms with Crippen LogP contribution in [0.5, 0.6) is 5.75 Å². The molecule has 1 rings (SSSR count). The molecular formula is C9H10F2N2O3. The van der Waals surface area contributed by atoms with E-state index in [-0.39, 0.29) is 17.8 Å². The van der Waals surface area contributed by atoms with Crippen LogP contribution in [0.15, 0.2) is 6.07 Å². The molecule has 0 amide bonds. The summed E-state index contributed by atoms with van der Waals surface area (Å²) < 4.78 is 29.0. The molecule has 0 radical (unpaired) electrons. The molecule has 1 aromatic rings. The Labute approximate surface area is 89.9 Å². The van der Waals surface area contributed by atoms with E-state index in [2.05, 4.69) is 9.72 Å². The zero-order valence-corrected chi connectivity index (χ0v) is 8.41. The molecule has 0 aliphatic rings. The normalized spacial score (nSPS) is 10.5. The lowest BCUT2D eigenvalue weighted by atomic mass is 10.1. The number of alkyl halides is 2. The van der Waals surface area contributed by atoms with Gasteiger partial charge in [-0.3, -0.25) is 4.79 Å². The molecule has 0 fully saturated rings. The fourth-order valence-corrected chi connectivity index (χ4v) is 1.10. The molecule has 16 heavy (non-hydrogen) atoms. The Bertz CT molecular complexity index is 410. The molecule has 0 aromatic carbocycles. The van der Waals surface area contributed by atoms with E-state index in [4.69, 9.17) is 5.73 Å². The highest BCUT2D eigenvalue weighted by Gasteiger charge is 2.18. The molecule has 0 aliphatic heterocycles. The molecule has 7 heteroatoms. The fraction of sp³-hybridized carbons (Fsp3) is 0.333. The SMILES string of the molecule is COC(=O)Cc1cc(O)c(C(F)F)nc1N. The predicted octanol–water partition coefficient (Wildman–Crippen LogP) is 1.02. The predicted molar refractivity (Wildman–Crippen MR) is 51.0 cm³/mol.